The van der Waals surface area contributed by atoms with Gasteiger partial charge in [0.25, 0.3) is 0 Å². The van der Waals surface area contributed by atoms with Crippen LogP contribution in [0.1, 0.15) is 23.2 Å². The Labute approximate surface area is 110 Å². The predicted molar refractivity (Wildman–Crippen MR) is 69.8 cm³/mol. The van der Waals surface area contributed by atoms with E-state index in [0.717, 1.165) is 0 Å². The van der Waals surface area contributed by atoms with Crippen molar-refractivity contribution in [2.24, 2.45) is 0 Å². The topological polar surface area (TPSA) is 70.5 Å². The molecule has 0 bridgehead atoms. The van der Waals surface area contributed by atoms with Crippen molar-refractivity contribution in [3.05, 3.63) is 23.9 Å². The van der Waals surface area contributed by atoms with Gasteiger partial charge in [0.05, 0.1) is 5.56 Å². The molecule has 0 aromatic carbocycles. The fourth-order valence-electron chi connectivity index (χ4n) is 1.28. The van der Waals surface area contributed by atoms with Crippen molar-refractivity contribution in [3.63, 3.8) is 0 Å². The fraction of sp³-hybridized carbons (Fsp3) is 0.417. The van der Waals surface area contributed by atoms with Crippen LogP contribution in [0.2, 0.25) is 0 Å². The zero-order valence-corrected chi connectivity index (χ0v) is 11.2. The molecule has 0 atom stereocenters. The number of aromatic carboxylic acids is 1. The third-order valence-electron chi connectivity index (χ3n) is 2.27. The van der Waals surface area contributed by atoms with Gasteiger partial charge >= 0.3 is 5.97 Å². The van der Waals surface area contributed by atoms with Crippen molar-refractivity contribution in [1.82, 2.24) is 9.88 Å². The van der Waals surface area contributed by atoms with Gasteiger partial charge in [0.1, 0.15) is 5.03 Å². The predicted octanol–water partition coefficient (Wildman–Crippen LogP) is 1.74. The van der Waals surface area contributed by atoms with E-state index in [1.54, 1.807) is 31.3 Å². The van der Waals surface area contributed by atoms with Crippen molar-refractivity contribution in [3.8, 4) is 0 Å². The highest BCUT2D eigenvalue weighted by Crippen LogP contribution is 2.21. The average molecular weight is 268 g/mol. The van der Waals surface area contributed by atoms with Gasteiger partial charge in [-0.2, -0.15) is 0 Å². The summed E-state index contributed by atoms with van der Waals surface area (Å²) in [6, 6.07) is 3.13. The van der Waals surface area contributed by atoms with E-state index in [9.17, 15) is 9.59 Å². The minimum Gasteiger partial charge on any atom is -0.478 e. The number of hydrogen-bond acceptors (Lipinski definition) is 4. The standard InChI is InChI=1S/C12H16N2O3S/c1-14(2)10(15)6-4-8-18-11-9(12(16)17)5-3-7-13-11/h3,5,7H,4,6,8H2,1-2H3,(H,16,17). The van der Waals surface area contributed by atoms with Crippen LogP contribution in [-0.2, 0) is 4.79 Å². The summed E-state index contributed by atoms with van der Waals surface area (Å²) in [7, 11) is 3.44. The summed E-state index contributed by atoms with van der Waals surface area (Å²) < 4.78 is 0. The van der Waals surface area contributed by atoms with Gasteiger partial charge in [-0.05, 0) is 18.6 Å². The Morgan fingerprint density at radius 2 is 2.17 bits per heavy atom. The summed E-state index contributed by atoms with van der Waals surface area (Å²) in [5.41, 5.74) is 0.210. The molecule has 0 radical (unpaired) electrons. The average Bonchev–Trinajstić information content (AvgIpc) is 2.34. The lowest BCUT2D eigenvalue weighted by Crippen LogP contribution is -2.21. The molecule has 0 aliphatic rings. The number of carboxylic acid groups (broad SMARTS) is 1. The number of aromatic nitrogens is 1. The Kier molecular flexibility index (Phi) is 5.64. The van der Waals surface area contributed by atoms with E-state index in [4.69, 9.17) is 5.11 Å². The van der Waals surface area contributed by atoms with E-state index in [1.807, 2.05) is 0 Å². The first-order valence-electron chi connectivity index (χ1n) is 5.53. The molecule has 1 aromatic heterocycles. The molecule has 1 amide bonds. The summed E-state index contributed by atoms with van der Waals surface area (Å²) in [5.74, 6) is -0.221. The number of pyridine rings is 1. The molecule has 5 nitrogen and oxygen atoms in total. The molecule has 6 heteroatoms. The van der Waals surface area contributed by atoms with Crippen LogP contribution in [0.5, 0.6) is 0 Å². The van der Waals surface area contributed by atoms with Crippen LogP contribution < -0.4 is 0 Å². The van der Waals surface area contributed by atoms with Crippen LogP contribution in [-0.4, -0.2) is 46.7 Å². The van der Waals surface area contributed by atoms with Gasteiger partial charge in [0.2, 0.25) is 5.91 Å². The van der Waals surface area contributed by atoms with Gasteiger partial charge in [-0.3, -0.25) is 4.79 Å². The number of carbonyl (C=O) groups excluding carboxylic acids is 1. The van der Waals surface area contributed by atoms with E-state index in [1.165, 1.54) is 17.8 Å². The van der Waals surface area contributed by atoms with Gasteiger partial charge in [-0.15, -0.1) is 11.8 Å². The Hall–Kier alpha value is -1.56. The maximum absolute atomic E-state index is 11.3. The van der Waals surface area contributed by atoms with E-state index < -0.39 is 5.97 Å². The van der Waals surface area contributed by atoms with E-state index in [0.29, 0.717) is 23.6 Å². The lowest BCUT2D eigenvalue weighted by molar-refractivity contribution is -0.128. The molecular formula is C12H16N2O3S. The van der Waals surface area contributed by atoms with Crippen LogP contribution >= 0.6 is 11.8 Å². The lowest BCUT2D eigenvalue weighted by atomic mass is 10.3. The summed E-state index contributed by atoms with van der Waals surface area (Å²) in [6.45, 7) is 0. The zero-order chi connectivity index (χ0) is 13.5. The molecule has 1 heterocycles. The quantitative estimate of drug-likeness (QED) is 0.628. The fourth-order valence-corrected chi connectivity index (χ4v) is 2.21. The lowest BCUT2D eigenvalue weighted by Gasteiger charge is -2.09. The van der Waals surface area contributed by atoms with Crippen LogP contribution in [0.4, 0.5) is 0 Å². The number of carbonyl (C=O) groups is 2. The third-order valence-corrected chi connectivity index (χ3v) is 3.37. The molecule has 1 aromatic rings. The normalized spacial score (nSPS) is 10.1. The van der Waals surface area contributed by atoms with Crippen LogP contribution in [0.15, 0.2) is 23.4 Å². The summed E-state index contributed by atoms with van der Waals surface area (Å²) in [4.78, 5) is 27.9. The number of nitrogens with zero attached hydrogens (tertiary/aromatic N) is 2. The second-order valence-corrected chi connectivity index (χ2v) is 4.99. The number of hydrogen-bond donors (Lipinski definition) is 1. The van der Waals surface area contributed by atoms with E-state index >= 15 is 0 Å². The summed E-state index contributed by atoms with van der Waals surface area (Å²) in [5, 5.41) is 9.47. The molecule has 18 heavy (non-hydrogen) atoms. The highest BCUT2D eigenvalue weighted by molar-refractivity contribution is 7.99. The maximum atomic E-state index is 11.3. The third kappa shape index (κ3) is 4.37. The first-order chi connectivity index (χ1) is 8.52. The number of thioether (sulfide) groups is 1. The van der Waals surface area contributed by atoms with Crippen molar-refractivity contribution >= 4 is 23.6 Å². The molecule has 0 fully saturated rings. The Morgan fingerprint density at radius 1 is 1.44 bits per heavy atom. The Balaban J connectivity index is 2.45. The molecule has 1 rings (SSSR count). The number of carboxylic acids is 1. The minimum absolute atomic E-state index is 0.0788. The van der Waals surface area contributed by atoms with Crippen molar-refractivity contribution < 1.29 is 14.7 Å². The molecule has 0 aliphatic heterocycles. The van der Waals surface area contributed by atoms with Gasteiger partial charge in [-0.25, -0.2) is 9.78 Å². The molecule has 0 saturated carbocycles. The van der Waals surface area contributed by atoms with Crippen LogP contribution in [0.25, 0.3) is 0 Å². The van der Waals surface area contributed by atoms with Crippen molar-refractivity contribution in [2.75, 3.05) is 19.8 Å². The van der Waals surface area contributed by atoms with Crippen molar-refractivity contribution in [2.45, 2.75) is 17.9 Å². The summed E-state index contributed by atoms with van der Waals surface area (Å²) in [6.07, 6.45) is 2.74. The molecule has 0 spiro atoms. The molecule has 0 saturated heterocycles. The SMILES string of the molecule is CN(C)C(=O)CCCSc1ncccc1C(=O)O. The van der Waals surface area contributed by atoms with E-state index in [-0.39, 0.29) is 11.5 Å². The monoisotopic (exact) mass is 268 g/mol. The van der Waals surface area contributed by atoms with Gasteiger partial charge in [0, 0.05) is 32.5 Å². The molecule has 1 N–H and O–H groups in total. The number of amides is 1. The minimum atomic E-state index is -0.977. The smallest absolute Gasteiger partial charge is 0.338 e. The molecule has 0 unspecified atom stereocenters. The number of rotatable bonds is 6. The van der Waals surface area contributed by atoms with Crippen molar-refractivity contribution in [1.29, 1.82) is 0 Å². The second kappa shape index (κ2) is 7.00. The molecule has 98 valence electrons. The summed E-state index contributed by atoms with van der Waals surface area (Å²) >= 11 is 1.37. The van der Waals surface area contributed by atoms with Crippen LogP contribution in [0.3, 0.4) is 0 Å². The second-order valence-electron chi connectivity index (χ2n) is 3.90. The first kappa shape index (κ1) is 14.5. The zero-order valence-electron chi connectivity index (χ0n) is 10.4. The first-order valence-corrected chi connectivity index (χ1v) is 6.52. The maximum Gasteiger partial charge on any atom is 0.338 e. The molecule has 0 aliphatic carbocycles. The Bertz CT molecular complexity index is 435. The van der Waals surface area contributed by atoms with Gasteiger partial charge < -0.3 is 10.0 Å². The largest absolute Gasteiger partial charge is 0.478 e. The highest BCUT2D eigenvalue weighted by Gasteiger charge is 2.11. The van der Waals surface area contributed by atoms with Crippen LogP contribution in [0, 0.1) is 0 Å². The highest BCUT2D eigenvalue weighted by atomic mass is 32.2. The Morgan fingerprint density at radius 3 is 2.78 bits per heavy atom. The molecular weight excluding hydrogens is 252 g/mol. The van der Waals surface area contributed by atoms with Gasteiger partial charge in [0.15, 0.2) is 0 Å². The van der Waals surface area contributed by atoms with Gasteiger partial charge in [-0.1, -0.05) is 0 Å². The van der Waals surface area contributed by atoms with E-state index in [2.05, 4.69) is 4.98 Å².